The van der Waals surface area contributed by atoms with Crippen LogP contribution in [0.3, 0.4) is 0 Å². The van der Waals surface area contributed by atoms with Crippen molar-refractivity contribution in [3.05, 3.63) is 35.9 Å². The second kappa shape index (κ2) is 7.25. The van der Waals surface area contributed by atoms with Crippen LogP contribution in [0.2, 0.25) is 0 Å². The predicted octanol–water partition coefficient (Wildman–Crippen LogP) is 1.85. The van der Waals surface area contributed by atoms with Crippen LogP contribution in [0.1, 0.15) is 25.8 Å². The molecule has 0 saturated carbocycles. The molecule has 1 aromatic rings. The molecule has 4 nitrogen and oxygen atoms in total. The molecule has 0 aliphatic carbocycles. The van der Waals surface area contributed by atoms with Crippen LogP contribution in [0.5, 0.6) is 0 Å². The highest BCUT2D eigenvalue weighted by Crippen LogP contribution is 2.20. The van der Waals surface area contributed by atoms with Crippen molar-refractivity contribution >= 4 is 11.8 Å². The summed E-state index contributed by atoms with van der Waals surface area (Å²) in [7, 11) is 0. The Morgan fingerprint density at radius 1 is 1.14 bits per heavy atom. The van der Waals surface area contributed by atoms with Crippen molar-refractivity contribution in [1.29, 1.82) is 0 Å². The molecule has 2 unspecified atom stereocenters. The minimum atomic E-state index is -0.104. The zero-order chi connectivity index (χ0) is 15.2. The monoisotopic (exact) mass is 288 g/mol. The number of benzene rings is 1. The smallest absolute Gasteiger partial charge is 0.241 e. The van der Waals surface area contributed by atoms with E-state index in [9.17, 15) is 9.59 Å². The van der Waals surface area contributed by atoms with E-state index in [2.05, 4.69) is 19.2 Å². The highest BCUT2D eigenvalue weighted by molar-refractivity contribution is 5.85. The van der Waals surface area contributed by atoms with Gasteiger partial charge in [-0.2, -0.15) is 0 Å². The first-order valence-corrected chi connectivity index (χ1v) is 7.63. The molecule has 1 aromatic carbocycles. The minimum absolute atomic E-state index is 0.0230. The third-order valence-electron chi connectivity index (χ3n) is 3.87. The summed E-state index contributed by atoms with van der Waals surface area (Å²) in [4.78, 5) is 25.9. The van der Waals surface area contributed by atoms with Crippen LogP contribution in [0.25, 0.3) is 0 Å². The van der Waals surface area contributed by atoms with Gasteiger partial charge in [0.05, 0.1) is 13.0 Å². The Kier molecular flexibility index (Phi) is 5.37. The van der Waals surface area contributed by atoms with E-state index in [1.165, 1.54) is 6.42 Å². The lowest BCUT2D eigenvalue weighted by atomic mass is 9.92. The molecule has 21 heavy (non-hydrogen) atoms. The number of amides is 2. The van der Waals surface area contributed by atoms with Gasteiger partial charge >= 0.3 is 0 Å². The van der Waals surface area contributed by atoms with Crippen LogP contribution in [-0.4, -0.2) is 36.3 Å². The first kappa shape index (κ1) is 15.5. The number of rotatable bonds is 4. The average molecular weight is 288 g/mol. The number of carbonyl (C=O) groups is 2. The lowest BCUT2D eigenvalue weighted by molar-refractivity contribution is -0.135. The number of hydrogen-bond donors (Lipinski definition) is 1. The number of nitrogens with zero attached hydrogens (tertiary/aromatic N) is 1. The number of hydrogen-bond acceptors (Lipinski definition) is 2. The molecule has 1 saturated heterocycles. The highest BCUT2D eigenvalue weighted by atomic mass is 16.2. The van der Waals surface area contributed by atoms with Gasteiger partial charge in [-0.3, -0.25) is 9.59 Å². The van der Waals surface area contributed by atoms with Gasteiger partial charge in [0.1, 0.15) is 0 Å². The Hall–Kier alpha value is -1.84. The number of likely N-dealkylation sites (tertiary alicyclic amines) is 1. The normalized spacial score (nSPS) is 21.9. The number of piperidine rings is 1. The summed E-state index contributed by atoms with van der Waals surface area (Å²) in [6.45, 7) is 6.05. The fraction of sp³-hybridized carbons (Fsp3) is 0.529. The van der Waals surface area contributed by atoms with Crippen molar-refractivity contribution in [3.8, 4) is 0 Å². The summed E-state index contributed by atoms with van der Waals surface area (Å²) in [6, 6.07) is 9.56. The summed E-state index contributed by atoms with van der Waals surface area (Å²) in [5.74, 6) is 0.998. The van der Waals surface area contributed by atoms with Gasteiger partial charge in [0.25, 0.3) is 0 Å². The van der Waals surface area contributed by atoms with Gasteiger partial charge in [-0.1, -0.05) is 44.2 Å². The van der Waals surface area contributed by atoms with Gasteiger partial charge in [0.15, 0.2) is 0 Å². The Morgan fingerprint density at radius 2 is 1.76 bits per heavy atom. The van der Waals surface area contributed by atoms with Crippen LogP contribution in [0.4, 0.5) is 0 Å². The Bertz CT molecular complexity index is 477. The molecule has 0 radical (unpaired) electrons. The van der Waals surface area contributed by atoms with Gasteiger partial charge in [-0.05, 0) is 23.8 Å². The topological polar surface area (TPSA) is 49.4 Å². The fourth-order valence-corrected chi connectivity index (χ4v) is 3.00. The van der Waals surface area contributed by atoms with Crippen molar-refractivity contribution in [2.75, 3.05) is 19.6 Å². The van der Waals surface area contributed by atoms with Crippen LogP contribution >= 0.6 is 0 Å². The minimum Gasteiger partial charge on any atom is -0.347 e. The van der Waals surface area contributed by atoms with E-state index in [-0.39, 0.29) is 18.4 Å². The molecule has 1 heterocycles. The van der Waals surface area contributed by atoms with Crippen molar-refractivity contribution in [2.45, 2.75) is 26.7 Å². The Labute approximate surface area is 126 Å². The molecule has 1 fully saturated rings. The summed E-state index contributed by atoms with van der Waals surface area (Å²) in [5, 5.41) is 2.73. The Morgan fingerprint density at radius 3 is 2.38 bits per heavy atom. The van der Waals surface area contributed by atoms with E-state index in [0.717, 1.165) is 18.7 Å². The lowest BCUT2D eigenvalue weighted by Gasteiger charge is -2.35. The first-order valence-electron chi connectivity index (χ1n) is 7.63. The number of nitrogens with one attached hydrogen (secondary N) is 1. The molecule has 0 aromatic heterocycles. The molecule has 4 heteroatoms. The quantitative estimate of drug-likeness (QED) is 0.919. The fourth-order valence-electron chi connectivity index (χ4n) is 3.00. The van der Waals surface area contributed by atoms with E-state index in [0.29, 0.717) is 18.3 Å². The maximum absolute atomic E-state index is 12.2. The molecule has 2 rings (SSSR count). The third kappa shape index (κ3) is 4.88. The molecular formula is C17H24N2O2. The van der Waals surface area contributed by atoms with Crippen LogP contribution < -0.4 is 5.32 Å². The Balaban J connectivity index is 1.77. The van der Waals surface area contributed by atoms with Crippen molar-refractivity contribution < 1.29 is 9.59 Å². The molecule has 0 spiro atoms. The maximum Gasteiger partial charge on any atom is 0.241 e. The third-order valence-corrected chi connectivity index (χ3v) is 3.87. The largest absolute Gasteiger partial charge is 0.347 e. The molecule has 1 aliphatic rings. The van der Waals surface area contributed by atoms with Gasteiger partial charge < -0.3 is 10.2 Å². The summed E-state index contributed by atoms with van der Waals surface area (Å²) >= 11 is 0. The van der Waals surface area contributed by atoms with E-state index in [1.54, 1.807) is 0 Å². The molecule has 2 atom stereocenters. The first-order chi connectivity index (χ1) is 10.0. The summed E-state index contributed by atoms with van der Waals surface area (Å²) in [6.07, 6.45) is 1.49. The molecule has 2 amide bonds. The van der Waals surface area contributed by atoms with E-state index in [1.807, 2.05) is 35.2 Å². The van der Waals surface area contributed by atoms with E-state index in [4.69, 9.17) is 0 Å². The van der Waals surface area contributed by atoms with Crippen molar-refractivity contribution in [2.24, 2.45) is 11.8 Å². The second-order valence-corrected chi connectivity index (χ2v) is 6.18. The van der Waals surface area contributed by atoms with Crippen molar-refractivity contribution in [1.82, 2.24) is 10.2 Å². The summed E-state index contributed by atoms with van der Waals surface area (Å²) < 4.78 is 0. The lowest BCUT2D eigenvalue weighted by Crippen LogP contribution is -2.47. The van der Waals surface area contributed by atoms with Gasteiger partial charge in [0.2, 0.25) is 11.8 Å². The summed E-state index contributed by atoms with van der Waals surface area (Å²) in [5.41, 5.74) is 0.961. The van der Waals surface area contributed by atoms with Crippen LogP contribution in [0, 0.1) is 11.8 Å². The SMILES string of the molecule is CC1CC(C)CN(C(=O)CNC(=O)Cc2ccccc2)C1. The molecule has 0 bridgehead atoms. The van der Waals surface area contributed by atoms with Gasteiger partial charge in [0, 0.05) is 13.1 Å². The van der Waals surface area contributed by atoms with E-state index < -0.39 is 0 Å². The standard InChI is InChI=1S/C17H24N2O2/c1-13-8-14(2)12-19(11-13)17(21)10-18-16(20)9-15-6-4-3-5-7-15/h3-7,13-14H,8-12H2,1-2H3,(H,18,20). The molecule has 1 N–H and O–H groups in total. The maximum atomic E-state index is 12.2. The van der Waals surface area contributed by atoms with Gasteiger partial charge in [-0.25, -0.2) is 0 Å². The zero-order valence-electron chi connectivity index (χ0n) is 12.8. The molecule has 114 valence electrons. The van der Waals surface area contributed by atoms with Crippen LogP contribution in [0.15, 0.2) is 30.3 Å². The second-order valence-electron chi connectivity index (χ2n) is 6.18. The molecular weight excluding hydrogens is 264 g/mol. The number of carbonyl (C=O) groups excluding carboxylic acids is 2. The highest BCUT2D eigenvalue weighted by Gasteiger charge is 2.25. The van der Waals surface area contributed by atoms with Gasteiger partial charge in [-0.15, -0.1) is 0 Å². The van der Waals surface area contributed by atoms with E-state index >= 15 is 0 Å². The average Bonchev–Trinajstić information content (AvgIpc) is 2.45. The van der Waals surface area contributed by atoms with Crippen LogP contribution in [-0.2, 0) is 16.0 Å². The molecule has 1 aliphatic heterocycles. The van der Waals surface area contributed by atoms with Crippen molar-refractivity contribution in [3.63, 3.8) is 0 Å². The zero-order valence-corrected chi connectivity index (χ0v) is 12.8. The predicted molar refractivity (Wildman–Crippen MR) is 82.7 cm³/mol.